The molecule has 0 spiro atoms. The number of unbranched alkanes of at least 4 members (excludes halogenated alkanes) is 1. The van der Waals surface area contributed by atoms with Crippen LogP contribution in [0.2, 0.25) is 0 Å². The summed E-state index contributed by atoms with van der Waals surface area (Å²) in [7, 11) is 0. The quantitative estimate of drug-likeness (QED) is 0.697. The summed E-state index contributed by atoms with van der Waals surface area (Å²) < 4.78 is 0. The minimum Gasteiger partial charge on any atom is -0.394 e. The van der Waals surface area contributed by atoms with Crippen LogP contribution in [0.4, 0.5) is 5.69 Å². The highest BCUT2D eigenvalue weighted by Crippen LogP contribution is 2.15. The lowest BCUT2D eigenvalue weighted by molar-refractivity contribution is 0.197. The van der Waals surface area contributed by atoms with Crippen LogP contribution < -0.4 is 10.6 Å². The monoisotopic (exact) mass is 250 g/mol. The van der Waals surface area contributed by atoms with Gasteiger partial charge in [0.1, 0.15) is 0 Å². The molecular weight excluding hydrogens is 224 g/mol. The number of hydrogen-bond donors (Lipinski definition) is 2. The molecule has 0 bridgehead atoms. The van der Waals surface area contributed by atoms with Crippen molar-refractivity contribution in [2.24, 2.45) is 5.73 Å². The molecule has 1 unspecified atom stereocenters. The van der Waals surface area contributed by atoms with E-state index in [-0.39, 0.29) is 6.61 Å². The number of benzene rings is 1. The zero-order valence-corrected chi connectivity index (χ0v) is 11.6. The molecule has 0 amide bonds. The Morgan fingerprint density at radius 2 is 1.89 bits per heavy atom. The van der Waals surface area contributed by atoms with Gasteiger partial charge < -0.3 is 15.7 Å². The van der Waals surface area contributed by atoms with E-state index in [1.54, 1.807) is 0 Å². The molecule has 0 aromatic heterocycles. The van der Waals surface area contributed by atoms with E-state index in [9.17, 15) is 0 Å². The predicted molar refractivity (Wildman–Crippen MR) is 77.9 cm³/mol. The first-order valence-corrected chi connectivity index (χ1v) is 6.79. The summed E-state index contributed by atoms with van der Waals surface area (Å²) in [4.78, 5) is 2.37. The second kappa shape index (κ2) is 7.39. The SMILES string of the molecule is CCN(CCCCC(C)(N)CO)c1ccccc1. The van der Waals surface area contributed by atoms with Crippen LogP contribution in [0.5, 0.6) is 0 Å². The van der Waals surface area contributed by atoms with Gasteiger partial charge in [0, 0.05) is 24.3 Å². The molecule has 0 heterocycles. The van der Waals surface area contributed by atoms with E-state index < -0.39 is 5.54 Å². The van der Waals surface area contributed by atoms with E-state index in [4.69, 9.17) is 10.8 Å². The first-order valence-electron chi connectivity index (χ1n) is 6.79. The van der Waals surface area contributed by atoms with Crippen molar-refractivity contribution >= 4 is 5.69 Å². The molecule has 102 valence electrons. The Balaban J connectivity index is 2.33. The molecule has 0 radical (unpaired) electrons. The molecule has 1 rings (SSSR count). The van der Waals surface area contributed by atoms with E-state index in [0.29, 0.717) is 0 Å². The lowest BCUT2D eigenvalue weighted by Gasteiger charge is -2.25. The fourth-order valence-corrected chi connectivity index (χ4v) is 2.02. The number of para-hydroxylation sites is 1. The van der Waals surface area contributed by atoms with Gasteiger partial charge in [-0.05, 0) is 45.2 Å². The van der Waals surface area contributed by atoms with Gasteiger partial charge in [0.05, 0.1) is 6.61 Å². The molecule has 0 aliphatic rings. The highest BCUT2D eigenvalue weighted by molar-refractivity contribution is 5.45. The number of nitrogens with zero attached hydrogens (tertiary/aromatic N) is 1. The third-order valence-corrected chi connectivity index (χ3v) is 3.29. The average Bonchev–Trinajstić information content (AvgIpc) is 2.40. The third kappa shape index (κ3) is 5.07. The van der Waals surface area contributed by atoms with Crippen LogP contribution in [0, 0.1) is 0 Å². The Morgan fingerprint density at radius 1 is 1.22 bits per heavy atom. The Bertz CT molecular complexity index is 325. The Hall–Kier alpha value is -1.06. The van der Waals surface area contributed by atoms with Gasteiger partial charge in [-0.25, -0.2) is 0 Å². The molecule has 3 nitrogen and oxygen atoms in total. The van der Waals surface area contributed by atoms with Gasteiger partial charge in [0.15, 0.2) is 0 Å². The van der Waals surface area contributed by atoms with E-state index in [1.165, 1.54) is 5.69 Å². The maximum absolute atomic E-state index is 9.09. The zero-order valence-electron chi connectivity index (χ0n) is 11.6. The summed E-state index contributed by atoms with van der Waals surface area (Å²) in [6.07, 6.45) is 3.03. The molecule has 1 atom stereocenters. The summed E-state index contributed by atoms with van der Waals surface area (Å²) in [5.74, 6) is 0. The molecule has 1 aromatic rings. The molecule has 0 fully saturated rings. The van der Waals surface area contributed by atoms with E-state index in [1.807, 2.05) is 13.0 Å². The van der Waals surface area contributed by atoms with Gasteiger partial charge in [-0.1, -0.05) is 18.2 Å². The van der Waals surface area contributed by atoms with Crippen molar-refractivity contribution in [2.45, 2.75) is 38.6 Å². The molecule has 3 heteroatoms. The van der Waals surface area contributed by atoms with Crippen LogP contribution in [0.1, 0.15) is 33.1 Å². The second-order valence-corrected chi connectivity index (χ2v) is 5.18. The van der Waals surface area contributed by atoms with Gasteiger partial charge in [-0.2, -0.15) is 0 Å². The average molecular weight is 250 g/mol. The van der Waals surface area contributed by atoms with Crippen LogP contribution >= 0.6 is 0 Å². The van der Waals surface area contributed by atoms with Gasteiger partial charge >= 0.3 is 0 Å². The molecule has 0 saturated heterocycles. The topological polar surface area (TPSA) is 49.5 Å². The standard InChI is InChI=1S/C15H26N2O/c1-3-17(14-9-5-4-6-10-14)12-8-7-11-15(2,16)13-18/h4-6,9-10,18H,3,7-8,11-13,16H2,1-2H3. The smallest absolute Gasteiger partial charge is 0.0608 e. The number of aliphatic hydroxyl groups is 1. The summed E-state index contributed by atoms with van der Waals surface area (Å²) >= 11 is 0. The predicted octanol–water partition coefficient (Wildman–Crippen LogP) is 2.39. The third-order valence-electron chi connectivity index (χ3n) is 3.29. The van der Waals surface area contributed by atoms with Crippen molar-refractivity contribution in [3.63, 3.8) is 0 Å². The molecular formula is C15H26N2O. The van der Waals surface area contributed by atoms with Gasteiger partial charge in [-0.15, -0.1) is 0 Å². The minimum absolute atomic E-state index is 0.0587. The van der Waals surface area contributed by atoms with Crippen molar-refractivity contribution in [1.29, 1.82) is 0 Å². The summed E-state index contributed by atoms with van der Waals surface area (Å²) in [5.41, 5.74) is 6.76. The van der Waals surface area contributed by atoms with E-state index in [2.05, 4.69) is 36.1 Å². The summed E-state index contributed by atoms with van der Waals surface area (Å²) in [6, 6.07) is 10.5. The Morgan fingerprint density at radius 3 is 2.44 bits per heavy atom. The first-order chi connectivity index (χ1) is 8.59. The summed E-state index contributed by atoms with van der Waals surface area (Å²) in [5, 5.41) is 9.09. The normalized spacial score (nSPS) is 14.2. The van der Waals surface area contributed by atoms with Crippen molar-refractivity contribution in [1.82, 2.24) is 0 Å². The second-order valence-electron chi connectivity index (χ2n) is 5.18. The van der Waals surface area contributed by atoms with Crippen LogP contribution in [0.25, 0.3) is 0 Å². The number of rotatable bonds is 8. The highest BCUT2D eigenvalue weighted by Gasteiger charge is 2.16. The maximum atomic E-state index is 9.09. The fourth-order valence-electron chi connectivity index (χ4n) is 2.02. The lowest BCUT2D eigenvalue weighted by Crippen LogP contribution is -2.40. The van der Waals surface area contributed by atoms with Crippen LogP contribution in [-0.2, 0) is 0 Å². The Labute approximate surface area is 111 Å². The van der Waals surface area contributed by atoms with E-state index >= 15 is 0 Å². The number of aliphatic hydroxyl groups excluding tert-OH is 1. The molecule has 0 aliphatic carbocycles. The highest BCUT2D eigenvalue weighted by atomic mass is 16.3. The zero-order chi connectivity index (χ0) is 13.4. The number of hydrogen-bond acceptors (Lipinski definition) is 3. The molecule has 0 aliphatic heterocycles. The number of anilines is 1. The Kier molecular flexibility index (Phi) is 6.16. The lowest BCUT2D eigenvalue weighted by atomic mass is 9.97. The summed E-state index contributed by atoms with van der Waals surface area (Å²) in [6.45, 7) is 6.20. The van der Waals surface area contributed by atoms with Gasteiger partial charge in [0.25, 0.3) is 0 Å². The number of nitrogens with two attached hydrogens (primary N) is 1. The first kappa shape index (κ1) is 15.0. The van der Waals surface area contributed by atoms with Gasteiger partial charge in [0.2, 0.25) is 0 Å². The van der Waals surface area contributed by atoms with Crippen LogP contribution in [0.3, 0.4) is 0 Å². The van der Waals surface area contributed by atoms with Crippen molar-refractivity contribution < 1.29 is 5.11 Å². The van der Waals surface area contributed by atoms with Crippen molar-refractivity contribution in [3.8, 4) is 0 Å². The van der Waals surface area contributed by atoms with Crippen molar-refractivity contribution in [3.05, 3.63) is 30.3 Å². The van der Waals surface area contributed by atoms with Crippen molar-refractivity contribution in [2.75, 3.05) is 24.6 Å². The molecule has 3 N–H and O–H groups in total. The maximum Gasteiger partial charge on any atom is 0.0608 e. The molecule has 18 heavy (non-hydrogen) atoms. The molecule has 0 saturated carbocycles. The van der Waals surface area contributed by atoms with Crippen LogP contribution in [0.15, 0.2) is 30.3 Å². The van der Waals surface area contributed by atoms with Gasteiger partial charge in [-0.3, -0.25) is 0 Å². The molecule has 1 aromatic carbocycles. The van der Waals surface area contributed by atoms with Crippen LogP contribution in [-0.4, -0.2) is 30.3 Å². The fraction of sp³-hybridized carbons (Fsp3) is 0.600. The largest absolute Gasteiger partial charge is 0.394 e. The van der Waals surface area contributed by atoms with E-state index in [0.717, 1.165) is 32.4 Å². The minimum atomic E-state index is -0.427.